The van der Waals surface area contributed by atoms with Gasteiger partial charge in [-0.25, -0.2) is 4.79 Å². The van der Waals surface area contributed by atoms with Crippen molar-refractivity contribution in [2.45, 2.75) is 20.3 Å². The van der Waals surface area contributed by atoms with E-state index < -0.39 is 0 Å². The fourth-order valence-corrected chi connectivity index (χ4v) is 2.95. The third-order valence-electron chi connectivity index (χ3n) is 4.37. The molecule has 0 saturated heterocycles. The molecule has 1 heterocycles. The van der Waals surface area contributed by atoms with Gasteiger partial charge in [0.2, 0.25) is 0 Å². The van der Waals surface area contributed by atoms with Crippen LogP contribution in [0.2, 0.25) is 0 Å². The molecule has 2 aromatic carbocycles. The van der Waals surface area contributed by atoms with Gasteiger partial charge in [-0.1, -0.05) is 18.2 Å². The average Bonchev–Trinajstić information content (AvgIpc) is 2.69. The van der Waals surface area contributed by atoms with Crippen molar-refractivity contribution < 1.29 is 14.3 Å². The van der Waals surface area contributed by atoms with Crippen molar-refractivity contribution >= 4 is 28.5 Å². The number of rotatable bonds is 6. The van der Waals surface area contributed by atoms with Gasteiger partial charge < -0.3 is 15.4 Å². The van der Waals surface area contributed by atoms with Crippen molar-refractivity contribution in [3.05, 3.63) is 60.4 Å². The smallest absolute Gasteiger partial charge is 0.319 e. The highest BCUT2D eigenvalue weighted by atomic mass is 16.5. The Balaban J connectivity index is 1.70. The molecule has 0 aliphatic heterocycles. The van der Waals surface area contributed by atoms with Crippen LogP contribution in [-0.4, -0.2) is 30.1 Å². The molecular weight excluding hydrogens is 354 g/mol. The van der Waals surface area contributed by atoms with E-state index in [4.69, 9.17) is 4.74 Å². The lowest BCUT2D eigenvalue weighted by Crippen LogP contribution is -2.30. The molecule has 0 unspecified atom stereocenters. The molecule has 3 aromatic rings. The molecule has 6 heteroatoms. The van der Waals surface area contributed by atoms with Crippen LogP contribution in [0.4, 0.5) is 10.5 Å². The number of anilines is 1. The van der Waals surface area contributed by atoms with Crippen LogP contribution >= 0.6 is 0 Å². The number of aryl methyl sites for hydroxylation is 1. The fraction of sp³-hybridized carbons (Fsp3) is 0.227. The maximum Gasteiger partial charge on any atom is 0.319 e. The highest BCUT2D eigenvalue weighted by Gasteiger charge is 2.08. The molecular formula is C22H23N3O3. The summed E-state index contributed by atoms with van der Waals surface area (Å²) in [5.74, 6) is -0.328. The predicted molar refractivity (Wildman–Crippen MR) is 110 cm³/mol. The number of esters is 1. The summed E-state index contributed by atoms with van der Waals surface area (Å²) in [7, 11) is 0. The van der Waals surface area contributed by atoms with Gasteiger partial charge >= 0.3 is 12.0 Å². The van der Waals surface area contributed by atoms with E-state index in [1.807, 2.05) is 37.4 Å². The van der Waals surface area contributed by atoms with Crippen LogP contribution in [0, 0.1) is 6.92 Å². The van der Waals surface area contributed by atoms with Gasteiger partial charge in [-0.05, 0) is 60.2 Å². The third kappa shape index (κ3) is 4.85. The largest absolute Gasteiger partial charge is 0.466 e. The molecule has 28 heavy (non-hydrogen) atoms. The second-order valence-electron chi connectivity index (χ2n) is 6.40. The molecule has 0 spiro atoms. The SMILES string of the molecule is CCOC(=O)CCNC(=O)Nc1ccc(C)c(-c2ccc3ccncc3c2)c1. The molecule has 0 saturated carbocycles. The Kier molecular flexibility index (Phi) is 6.22. The first-order valence-electron chi connectivity index (χ1n) is 9.22. The molecule has 0 aliphatic carbocycles. The van der Waals surface area contributed by atoms with Crippen LogP contribution in [0.1, 0.15) is 18.9 Å². The topological polar surface area (TPSA) is 80.3 Å². The molecule has 6 nitrogen and oxygen atoms in total. The highest BCUT2D eigenvalue weighted by Crippen LogP contribution is 2.29. The number of carbonyl (C=O) groups is 2. The van der Waals surface area contributed by atoms with E-state index in [0.29, 0.717) is 12.3 Å². The summed E-state index contributed by atoms with van der Waals surface area (Å²) in [4.78, 5) is 27.6. The first-order chi connectivity index (χ1) is 13.6. The van der Waals surface area contributed by atoms with E-state index in [-0.39, 0.29) is 25.0 Å². The Bertz CT molecular complexity index is 1000. The van der Waals surface area contributed by atoms with Gasteiger partial charge in [-0.15, -0.1) is 0 Å². The number of hydrogen-bond donors (Lipinski definition) is 2. The fourth-order valence-electron chi connectivity index (χ4n) is 2.95. The van der Waals surface area contributed by atoms with Gasteiger partial charge in [-0.2, -0.15) is 0 Å². The van der Waals surface area contributed by atoms with Crippen LogP contribution in [0.15, 0.2) is 54.9 Å². The normalized spacial score (nSPS) is 10.5. The minimum atomic E-state index is -0.359. The molecule has 0 radical (unpaired) electrons. The minimum absolute atomic E-state index is 0.144. The number of aromatic nitrogens is 1. The first kappa shape index (κ1) is 19.4. The quantitative estimate of drug-likeness (QED) is 0.628. The summed E-state index contributed by atoms with van der Waals surface area (Å²) in [5.41, 5.74) is 3.89. The van der Waals surface area contributed by atoms with Gasteiger partial charge in [-0.3, -0.25) is 9.78 Å². The highest BCUT2D eigenvalue weighted by molar-refractivity contribution is 5.92. The van der Waals surface area contributed by atoms with Gasteiger partial charge in [0.1, 0.15) is 0 Å². The number of nitrogens with one attached hydrogen (secondary N) is 2. The van der Waals surface area contributed by atoms with E-state index in [0.717, 1.165) is 27.5 Å². The zero-order chi connectivity index (χ0) is 19.9. The Morgan fingerprint density at radius 3 is 2.75 bits per heavy atom. The van der Waals surface area contributed by atoms with Crippen LogP contribution in [0.3, 0.4) is 0 Å². The van der Waals surface area contributed by atoms with Crippen LogP contribution in [-0.2, 0) is 9.53 Å². The van der Waals surface area contributed by atoms with Gasteiger partial charge in [0.15, 0.2) is 0 Å². The van der Waals surface area contributed by atoms with E-state index >= 15 is 0 Å². The molecule has 144 valence electrons. The number of amides is 2. The monoisotopic (exact) mass is 377 g/mol. The van der Waals surface area contributed by atoms with Crippen molar-refractivity contribution in [2.75, 3.05) is 18.5 Å². The number of carbonyl (C=O) groups excluding carboxylic acids is 2. The molecule has 3 rings (SSSR count). The summed E-state index contributed by atoms with van der Waals surface area (Å²) >= 11 is 0. The zero-order valence-electron chi connectivity index (χ0n) is 16.0. The number of ether oxygens (including phenoxy) is 1. The summed E-state index contributed by atoms with van der Waals surface area (Å²) in [5, 5.41) is 7.66. The van der Waals surface area contributed by atoms with Gasteiger partial charge in [0, 0.05) is 30.0 Å². The maximum atomic E-state index is 12.1. The van der Waals surface area contributed by atoms with Crippen molar-refractivity contribution in [1.82, 2.24) is 10.3 Å². The molecule has 0 aliphatic rings. The first-order valence-corrected chi connectivity index (χ1v) is 9.22. The number of nitrogens with zero attached hydrogens (tertiary/aromatic N) is 1. The lowest BCUT2D eigenvalue weighted by Gasteiger charge is -2.12. The lowest BCUT2D eigenvalue weighted by molar-refractivity contribution is -0.142. The summed E-state index contributed by atoms with van der Waals surface area (Å²) in [6.07, 6.45) is 3.76. The Morgan fingerprint density at radius 2 is 1.93 bits per heavy atom. The van der Waals surface area contributed by atoms with E-state index in [1.165, 1.54) is 0 Å². The standard InChI is InChI=1S/C22H23N3O3/c1-3-28-21(26)9-11-24-22(27)25-19-7-4-15(2)20(13-19)17-6-5-16-8-10-23-14-18(16)12-17/h4-8,10,12-14H,3,9,11H2,1-2H3,(H2,24,25,27). The Hall–Kier alpha value is -3.41. The molecule has 2 N–H and O–H groups in total. The van der Waals surface area contributed by atoms with Crippen molar-refractivity contribution in [2.24, 2.45) is 0 Å². The summed E-state index contributed by atoms with van der Waals surface area (Å²) < 4.78 is 4.84. The maximum absolute atomic E-state index is 12.1. The van der Waals surface area contributed by atoms with E-state index in [1.54, 1.807) is 13.1 Å². The second kappa shape index (κ2) is 8.99. The van der Waals surface area contributed by atoms with Crippen LogP contribution in [0.25, 0.3) is 21.9 Å². The number of benzene rings is 2. The van der Waals surface area contributed by atoms with Crippen LogP contribution in [0.5, 0.6) is 0 Å². The number of urea groups is 1. The molecule has 0 atom stereocenters. The summed E-state index contributed by atoms with van der Waals surface area (Å²) in [6.45, 7) is 4.34. The van der Waals surface area contributed by atoms with Crippen molar-refractivity contribution in [3.63, 3.8) is 0 Å². The third-order valence-corrected chi connectivity index (χ3v) is 4.37. The van der Waals surface area contributed by atoms with E-state index in [9.17, 15) is 9.59 Å². The molecule has 0 bridgehead atoms. The summed E-state index contributed by atoms with van der Waals surface area (Å²) in [6, 6.07) is 13.6. The molecule has 2 amide bonds. The molecule has 1 aromatic heterocycles. The van der Waals surface area contributed by atoms with Crippen LogP contribution < -0.4 is 10.6 Å². The van der Waals surface area contributed by atoms with Gasteiger partial charge in [0.05, 0.1) is 13.0 Å². The number of pyridine rings is 1. The Morgan fingerprint density at radius 1 is 1.07 bits per heavy atom. The number of hydrogen-bond acceptors (Lipinski definition) is 4. The minimum Gasteiger partial charge on any atom is -0.466 e. The second-order valence-corrected chi connectivity index (χ2v) is 6.40. The predicted octanol–water partition coefficient (Wildman–Crippen LogP) is 4.28. The molecule has 0 fully saturated rings. The lowest BCUT2D eigenvalue weighted by atomic mass is 9.98. The average molecular weight is 377 g/mol. The van der Waals surface area contributed by atoms with E-state index in [2.05, 4.69) is 33.8 Å². The zero-order valence-corrected chi connectivity index (χ0v) is 16.0. The van der Waals surface area contributed by atoms with Crippen molar-refractivity contribution in [1.29, 1.82) is 0 Å². The number of fused-ring (bicyclic) bond motifs is 1. The van der Waals surface area contributed by atoms with Crippen molar-refractivity contribution in [3.8, 4) is 11.1 Å². The van der Waals surface area contributed by atoms with Gasteiger partial charge in [0.25, 0.3) is 0 Å². The Labute approximate surface area is 163 Å².